The number of halogens is 6. The maximum atomic E-state index is 13.4. The van der Waals surface area contributed by atoms with Gasteiger partial charge in [-0.25, -0.2) is 17.6 Å². The molecule has 0 atom stereocenters. The zero-order valence-electron chi connectivity index (χ0n) is 10.2. The van der Waals surface area contributed by atoms with Crippen LogP contribution in [-0.2, 0) is 0 Å². The maximum absolute atomic E-state index is 13.4. The molecule has 2 aromatic carbocycles. The summed E-state index contributed by atoms with van der Waals surface area (Å²) in [6.45, 7) is 0. The lowest BCUT2D eigenvalue weighted by Gasteiger charge is -2.04. The molecule has 22 heavy (non-hydrogen) atoms. The molecule has 0 bridgehead atoms. The van der Waals surface area contributed by atoms with Crippen molar-refractivity contribution in [2.45, 2.75) is 0 Å². The number of nitrogens with zero attached hydrogens (tertiary/aromatic N) is 2. The fraction of sp³-hybridized carbons (Fsp3) is 0. The molecular formula is C12H4Br2F4N2O2. The van der Waals surface area contributed by atoms with E-state index in [1.165, 1.54) is 0 Å². The lowest BCUT2D eigenvalue weighted by Crippen LogP contribution is -1.86. The summed E-state index contributed by atoms with van der Waals surface area (Å²) in [6, 6.07) is 1.29. The molecule has 116 valence electrons. The first kappa shape index (κ1) is 16.7. The molecule has 0 aliphatic rings. The van der Waals surface area contributed by atoms with Crippen molar-refractivity contribution in [2.75, 3.05) is 0 Å². The van der Waals surface area contributed by atoms with Crippen LogP contribution in [0.1, 0.15) is 0 Å². The van der Waals surface area contributed by atoms with E-state index in [1.807, 2.05) is 0 Å². The van der Waals surface area contributed by atoms with Crippen LogP contribution < -0.4 is 0 Å². The van der Waals surface area contributed by atoms with E-state index in [0.717, 1.165) is 0 Å². The molecule has 0 saturated carbocycles. The van der Waals surface area contributed by atoms with Crippen molar-refractivity contribution in [1.29, 1.82) is 0 Å². The Kier molecular flexibility index (Phi) is 4.71. The quantitative estimate of drug-likeness (QED) is 0.360. The van der Waals surface area contributed by atoms with Crippen LogP contribution in [0.4, 0.5) is 28.9 Å². The van der Waals surface area contributed by atoms with Gasteiger partial charge in [0.25, 0.3) is 0 Å². The zero-order valence-corrected chi connectivity index (χ0v) is 13.4. The number of benzene rings is 2. The molecule has 0 unspecified atom stereocenters. The number of azo groups is 1. The van der Waals surface area contributed by atoms with E-state index in [2.05, 4.69) is 42.1 Å². The van der Waals surface area contributed by atoms with Gasteiger partial charge < -0.3 is 10.2 Å². The second kappa shape index (κ2) is 6.21. The van der Waals surface area contributed by atoms with Crippen molar-refractivity contribution in [3.8, 4) is 11.5 Å². The highest BCUT2D eigenvalue weighted by Crippen LogP contribution is 2.39. The Hall–Kier alpha value is -1.68. The van der Waals surface area contributed by atoms with Crippen molar-refractivity contribution in [3.63, 3.8) is 0 Å². The zero-order chi connectivity index (χ0) is 16.6. The summed E-state index contributed by atoms with van der Waals surface area (Å²) < 4.78 is 52.3. The summed E-state index contributed by atoms with van der Waals surface area (Å²) in [5.41, 5.74) is -1.25. The van der Waals surface area contributed by atoms with Crippen molar-refractivity contribution >= 4 is 43.2 Å². The van der Waals surface area contributed by atoms with Crippen LogP contribution in [0.5, 0.6) is 11.5 Å². The minimum Gasteiger partial charge on any atom is -0.503 e. The lowest BCUT2D eigenvalue weighted by atomic mass is 10.2. The SMILES string of the molecule is Oc1c(N=Nc2cc(F)c(Br)c(F)c2O)cc(F)c(Br)c1F. The van der Waals surface area contributed by atoms with E-state index < -0.39 is 55.1 Å². The van der Waals surface area contributed by atoms with Crippen molar-refractivity contribution < 1.29 is 27.8 Å². The van der Waals surface area contributed by atoms with Gasteiger partial charge in [0.1, 0.15) is 23.0 Å². The lowest BCUT2D eigenvalue weighted by molar-refractivity contribution is 0.424. The van der Waals surface area contributed by atoms with Gasteiger partial charge in [-0.15, -0.1) is 10.2 Å². The minimum atomic E-state index is -1.31. The van der Waals surface area contributed by atoms with Crippen LogP contribution in [0.15, 0.2) is 31.3 Å². The molecule has 2 N–H and O–H groups in total. The first-order valence-electron chi connectivity index (χ1n) is 5.38. The molecule has 0 fully saturated rings. The maximum Gasteiger partial charge on any atom is 0.184 e. The van der Waals surface area contributed by atoms with Crippen molar-refractivity contribution in [3.05, 3.63) is 44.3 Å². The van der Waals surface area contributed by atoms with Gasteiger partial charge >= 0.3 is 0 Å². The van der Waals surface area contributed by atoms with Crippen molar-refractivity contribution in [1.82, 2.24) is 0 Å². The Morgan fingerprint density at radius 1 is 0.727 bits per heavy atom. The van der Waals surface area contributed by atoms with Crippen LogP contribution in [-0.4, -0.2) is 10.2 Å². The highest BCUT2D eigenvalue weighted by molar-refractivity contribution is 9.10. The Balaban J connectivity index is 2.51. The van der Waals surface area contributed by atoms with E-state index in [9.17, 15) is 27.8 Å². The molecule has 4 nitrogen and oxygen atoms in total. The average Bonchev–Trinajstić information content (AvgIpc) is 2.49. The molecule has 0 heterocycles. The molecule has 0 saturated heterocycles. The predicted molar refractivity (Wildman–Crippen MR) is 75.6 cm³/mol. The standard InChI is InChI=1S/C12H4Br2F4N2O2/c13-7-3(15)1-5(11(21)9(7)17)19-20-6-2-4(16)8(14)10(18)12(6)22/h1-2,21-22H. The summed E-state index contributed by atoms with van der Waals surface area (Å²) in [6.07, 6.45) is 0. The molecule has 0 aliphatic heterocycles. The van der Waals surface area contributed by atoms with Gasteiger partial charge in [-0.05, 0) is 31.9 Å². The van der Waals surface area contributed by atoms with Gasteiger partial charge in [-0.3, -0.25) is 0 Å². The van der Waals surface area contributed by atoms with Gasteiger partial charge in [-0.2, -0.15) is 0 Å². The van der Waals surface area contributed by atoms with Crippen LogP contribution >= 0.6 is 31.9 Å². The summed E-state index contributed by atoms with van der Waals surface area (Å²) in [4.78, 5) is 0. The smallest absolute Gasteiger partial charge is 0.184 e. The van der Waals surface area contributed by atoms with Crippen LogP contribution in [0.3, 0.4) is 0 Å². The van der Waals surface area contributed by atoms with Crippen molar-refractivity contribution in [2.24, 2.45) is 10.2 Å². The van der Waals surface area contributed by atoms with Crippen LogP contribution in [0.25, 0.3) is 0 Å². The van der Waals surface area contributed by atoms with E-state index in [-0.39, 0.29) is 0 Å². The van der Waals surface area contributed by atoms with E-state index >= 15 is 0 Å². The molecule has 0 aromatic heterocycles. The van der Waals surface area contributed by atoms with E-state index in [1.54, 1.807) is 0 Å². The molecule has 0 radical (unpaired) electrons. The normalized spacial score (nSPS) is 11.4. The second-order valence-electron chi connectivity index (χ2n) is 3.91. The molecule has 10 heteroatoms. The third-order valence-electron chi connectivity index (χ3n) is 2.50. The first-order valence-corrected chi connectivity index (χ1v) is 6.97. The van der Waals surface area contributed by atoms with Gasteiger partial charge in [0.05, 0.1) is 8.95 Å². The summed E-state index contributed by atoms with van der Waals surface area (Å²) in [5.74, 6) is -6.80. The molecule has 0 aliphatic carbocycles. The summed E-state index contributed by atoms with van der Waals surface area (Å²) in [7, 11) is 0. The van der Waals surface area contributed by atoms with Crippen LogP contribution in [0.2, 0.25) is 0 Å². The second-order valence-corrected chi connectivity index (χ2v) is 5.49. The van der Waals surface area contributed by atoms with E-state index in [0.29, 0.717) is 12.1 Å². The monoisotopic (exact) mass is 442 g/mol. The average molecular weight is 444 g/mol. The summed E-state index contributed by atoms with van der Waals surface area (Å²) >= 11 is 5.14. The molecule has 2 rings (SSSR count). The van der Waals surface area contributed by atoms with Gasteiger partial charge in [0.2, 0.25) is 0 Å². The Morgan fingerprint density at radius 2 is 1.05 bits per heavy atom. The minimum absolute atomic E-state index is 0.604. The van der Waals surface area contributed by atoms with Gasteiger partial charge in [0, 0.05) is 12.1 Å². The fourth-order valence-electron chi connectivity index (χ4n) is 1.41. The Labute approximate surface area is 137 Å². The topological polar surface area (TPSA) is 65.2 Å². The number of rotatable bonds is 2. The van der Waals surface area contributed by atoms with Crippen LogP contribution in [0, 0.1) is 23.3 Å². The molecule has 2 aromatic rings. The third-order valence-corrected chi connectivity index (χ3v) is 3.95. The fourth-order valence-corrected chi connectivity index (χ4v) is 2.01. The molecule has 0 amide bonds. The number of hydrogen-bond donors (Lipinski definition) is 2. The third kappa shape index (κ3) is 2.93. The number of phenols is 2. The number of hydrogen-bond acceptors (Lipinski definition) is 4. The summed E-state index contributed by atoms with van der Waals surface area (Å²) in [5, 5.41) is 25.5. The number of phenolic OH excluding ortho intramolecular Hbond substituents is 2. The Bertz CT molecular complexity index is 734. The van der Waals surface area contributed by atoms with Gasteiger partial charge in [-0.1, -0.05) is 0 Å². The highest BCUT2D eigenvalue weighted by atomic mass is 79.9. The predicted octanol–water partition coefficient (Wildman–Crippen LogP) is 5.59. The largest absolute Gasteiger partial charge is 0.503 e. The first-order chi connectivity index (χ1) is 10.2. The molecular weight excluding hydrogens is 440 g/mol. The molecule has 0 spiro atoms. The number of aromatic hydroxyl groups is 2. The highest BCUT2D eigenvalue weighted by Gasteiger charge is 2.18. The van der Waals surface area contributed by atoms with Gasteiger partial charge in [0.15, 0.2) is 23.1 Å². The van der Waals surface area contributed by atoms with E-state index in [4.69, 9.17) is 0 Å². The Morgan fingerprint density at radius 3 is 1.36 bits per heavy atom.